The van der Waals surface area contributed by atoms with E-state index < -0.39 is 0 Å². The molecule has 0 aromatic heterocycles. The fraction of sp³-hybridized carbons (Fsp3) is 0.182. The summed E-state index contributed by atoms with van der Waals surface area (Å²) in [6.07, 6.45) is 0. The van der Waals surface area contributed by atoms with Gasteiger partial charge in [0.05, 0.1) is 24.6 Å². The van der Waals surface area contributed by atoms with E-state index in [1.54, 1.807) is 23.5 Å². The Labute approximate surface area is 173 Å². The van der Waals surface area contributed by atoms with Crippen molar-refractivity contribution in [2.45, 2.75) is 9.79 Å². The second-order valence-electron chi connectivity index (χ2n) is 5.98. The first kappa shape index (κ1) is 18.9. The minimum atomic E-state index is 0.591. The molecule has 0 fully saturated rings. The molecule has 142 valence electrons. The highest BCUT2D eigenvalue weighted by molar-refractivity contribution is 7.99. The predicted octanol–water partition coefficient (Wildman–Crippen LogP) is 6.76. The van der Waals surface area contributed by atoms with Gasteiger partial charge < -0.3 is 9.47 Å². The van der Waals surface area contributed by atoms with Gasteiger partial charge in [-0.15, -0.1) is 33.8 Å². The Bertz CT molecular complexity index is 886. The van der Waals surface area contributed by atoms with Gasteiger partial charge in [0, 0.05) is 21.3 Å². The molecular weight excluding hydrogens is 388 g/mol. The number of hydrogen-bond acceptors (Lipinski definition) is 6. The van der Waals surface area contributed by atoms with Crippen molar-refractivity contribution in [3.8, 4) is 11.5 Å². The van der Waals surface area contributed by atoms with Crippen LogP contribution in [0.15, 0.2) is 92.8 Å². The Balaban J connectivity index is 1.62. The van der Waals surface area contributed by atoms with Crippen LogP contribution in [0.5, 0.6) is 11.5 Å². The molecule has 0 unspecified atom stereocenters. The highest BCUT2D eigenvalue weighted by atomic mass is 32.2. The molecule has 28 heavy (non-hydrogen) atoms. The number of nitrogens with zero attached hydrogens (tertiary/aromatic N) is 2. The molecule has 1 heterocycles. The number of azo groups is 1. The maximum absolute atomic E-state index is 5.95. The molecule has 1 aliphatic rings. The van der Waals surface area contributed by atoms with E-state index in [1.807, 2.05) is 60.7 Å². The number of ether oxygens (including phenoxy) is 2. The Hall–Kier alpha value is -2.44. The first-order valence-corrected chi connectivity index (χ1v) is 11.1. The van der Waals surface area contributed by atoms with Crippen LogP contribution < -0.4 is 9.47 Å². The molecule has 0 bridgehead atoms. The molecule has 4 nitrogen and oxygen atoms in total. The fourth-order valence-corrected chi connectivity index (χ4v) is 4.36. The summed E-state index contributed by atoms with van der Waals surface area (Å²) in [6.45, 7) is 1.18. The van der Waals surface area contributed by atoms with Crippen molar-refractivity contribution in [2.75, 3.05) is 24.7 Å². The summed E-state index contributed by atoms with van der Waals surface area (Å²) in [7, 11) is 0. The summed E-state index contributed by atoms with van der Waals surface area (Å²) >= 11 is 3.43. The van der Waals surface area contributed by atoms with Crippen molar-refractivity contribution in [1.29, 1.82) is 0 Å². The van der Waals surface area contributed by atoms with Crippen molar-refractivity contribution < 1.29 is 9.47 Å². The molecule has 0 radical (unpaired) electrons. The molecule has 3 aromatic rings. The Morgan fingerprint density at radius 3 is 1.50 bits per heavy atom. The van der Waals surface area contributed by atoms with Gasteiger partial charge in [-0.1, -0.05) is 36.4 Å². The molecule has 6 heteroatoms. The van der Waals surface area contributed by atoms with Crippen LogP contribution in [0, 0.1) is 0 Å². The van der Waals surface area contributed by atoms with Crippen molar-refractivity contribution in [3.05, 3.63) is 72.8 Å². The Morgan fingerprint density at radius 1 is 0.571 bits per heavy atom. The zero-order chi connectivity index (χ0) is 19.0. The smallest absolute Gasteiger partial charge is 0.161 e. The number of hydrogen-bond donors (Lipinski definition) is 0. The average molecular weight is 409 g/mol. The summed E-state index contributed by atoms with van der Waals surface area (Å²) in [6, 6.07) is 24.0. The fourth-order valence-electron chi connectivity index (χ4n) is 2.73. The third kappa shape index (κ3) is 4.88. The van der Waals surface area contributed by atoms with Crippen LogP contribution in [-0.2, 0) is 0 Å². The molecule has 3 aromatic carbocycles. The maximum Gasteiger partial charge on any atom is 0.161 e. The highest BCUT2D eigenvalue weighted by Crippen LogP contribution is 2.35. The van der Waals surface area contributed by atoms with Gasteiger partial charge in [-0.25, -0.2) is 0 Å². The van der Waals surface area contributed by atoms with Crippen molar-refractivity contribution in [3.63, 3.8) is 0 Å². The Kier molecular flexibility index (Phi) is 6.52. The number of rotatable bonds is 0. The van der Waals surface area contributed by atoms with Gasteiger partial charge in [-0.05, 0) is 36.4 Å². The van der Waals surface area contributed by atoms with E-state index in [2.05, 4.69) is 22.4 Å². The van der Waals surface area contributed by atoms with Crippen molar-refractivity contribution in [2.24, 2.45) is 10.2 Å². The number of thioether (sulfide) groups is 2. The normalized spacial score (nSPS) is 14.7. The number of fused-ring (bicyclic) bond motifs is 3. The summed E-state index contributed by atoms with van der Waals surface area (Å²) < 4.78 is 11.9. The van der Waals surface area contributed by atoms with E-state index in [0.717, 1.165) is 44.2 Å². The first-order valence-electron chi connectivity index (χ1n) is 9.10. The molecule has 0 saturated carbocycles. The van der Waals surface area contributed by atoms with Gasteiger partial charge in [0.15, 0.2) is 11.5 Å². The molecule has 0 saturated heterocycles. The second-order valence-corrected chi connectivity index (χ2v) is 8.25. The predicted molar refractivity (Wildman–Crippen MR) is 116 cm³/mol. The molecule has 1 aliphatic heterocycles. The number of benzene rings is 3. The van der Waals surface area contributed by atoms with Crippen LogP contribution in [0.1, 0.15) is 0 Å². The molecular formula is C22H20N2O2S2. The lowest BCUT2D eigenvalue weighted by atomic mass is 10.3. The zero-order valence-corrected chi connectivity index (χ0v) is 16.9. The first-order chi connectivity index (χ1) is 13.9. The Morgan fingerprint density at radius 2 is 1.00 bits per heavy atom. The van der Waals surface area contributed by atoms with Crippen LogP contribution >= 0.6 is 23.5 Å². The molecule has 0 atom stereocenters. The van der Waals surface area contributed by atoms with Gasteiger partial charge in [0.1, 0.15) is 0 Å². The van der Waals surface area contributed by atoms with Gasteiger partial charge in [-0.2, -0.15) is 0 Å². The molecule has 0 amide bonds. The quantitative estimate of drug-likeness (QED) is 0.412. The minimum absolute atomic E-state index is 0.591. The lowest BCUT2D eigenvalue weighted by Gasteiger charge is -2.13. The third-order valence-electron chi connectivity index (χ3n) is 4.04. The topological polar surface area (TPSA) is 43.2 Å². The summed E-state index contributed by atoms with van der Waals surface area (Å²) in [5, 5.41) is 9.03. The summed E-state index contributed by atoms with van der Waals surface area (Å²) in [4.78, 5) is 2.19. The molecule has 0 aliphatic carbocycles. The van der Waals surface area contributed by atoms with E-state index in [-0.39, 0.29) is 0 Å². The SMILES string of the molecule is c1ccc2c(c1)N=Nc1ccccc1SCCOc1ccccc1OCCS2. The molecule has 0 N–H and O–H groups in total. The van der Waals surface area contributed by atoms with Crippen LogP contribution in [0.4, 0.5) is 11.4 Å². The van der Waals surface area contributed by atoms with E-state index in [0.29, 0.717) is 13.2 Å². The largest absolute Gasteiger partial charge is 0.489 e. The molecule has 0 spiro atoms. The lowest BCUT2D eigenvalue weighted by molar-refractivity contribution is 0.291. The maximum atomic E-state index is 5.95. The van der Waals surface area contributed by atoms with E-state index >= 15 is 0 Å². The van der Waals surface area contributed by atoms with Gasteiger partial charge in [0.25, 0.3) is 0 Å². The van der Waals surface area contributed by atoms with E-state index in [1.165, 1.54) is 0 Å². The van der Waals surface area contributed by atoms with Gasteiger partial charge in [0.2, 0.25) is 0 Å². The molecule has 4 rings (SSSR count). The highest BCUT2D eigenvalue weighted by Gasteiger charge is 2.08. The van der Waals surface area contributed by atoms with Crippen molar-refractivity contribution in [1.82, 2.24) is 0 Å². The lowest BCUT2D eigenvalue weighted by Crippen LogP contribution is -2.05. The van der Waals surface area contributed by atoms with E-state index in [4.69, 9.17) is 9.47 Å². The monoisotopic (exact) mass is 408 g/mol. The minimum Gasteiger partial charge on any atom is -0.489 e. The van der Waals surface area contributed by atoms with Crippen LogP contribution in [-0.4, -0.2) is 24.7 Å². The van der Waals surface area contributed by atoms with Crippen LogP contribution in [0.25, 0.3) is 0 Å². The van der Waals surface area contributed by atoms with E-state index in [9.17, 15) is 0 Å². The summed E-state index contributed by atoms with van der Waals surface area (Å²) in [5.74, 6) is 3.20. The van der Waals surface area contributed by atoms with Gasteiger partial charge >= 0.3 is 0 Å². The van der Waals surface area contributed by atoms with Gasteiger partial charge in [-0.3, -0.25) is 0 Å². The summed E-state index contributed by atoms with van der Waals surface area (Å²) in [5.41, 5.74) is 1.76. The standard InChI is InChI=1S/C22H20N2O2S2/c1-5-11-21-17(7-1)23-24-18-8-2-6-12-22(18)28-16-14-26-20-10-4-3-9-19(20)25-13-15-27-21/h1-12H,13-16H2. The average Bonchev–Trinajstić information content (AvgIpc) is 2.74. The van der Waals surface area contributed by atoms with Crippen molar-refractivity contribution >= 4 is 34.9 Å². The number of para-hydroxylation sites is 2. The zero-order valence-electron chi connectivity index (χ0n) is 15.3. The second kappa shape index (κ2) is 9.66. The van der Waals surface area contributed by atoms with Crippen LogP contribution in [0.2, 0.25) is 0 Å². The van der Waals surface area contributed by atoms with Crippen LogP contribution in [0.3, 0.4) is 0 Å². The third-order valence-corrected chi connectivity index (χ3v) is 6.10.